The Bertz CT molecular complexity index is 611. The van der Waals surface area contributed by atoms with Gasteiger partial charge in [0.15, 0.2) is 0 Å². The molecule has 0 spiro atoms. The summed E-state index contributed by atoms with van der Waals surface area (Å²) in [5.74, 6) is 0.426. The van der Waals surface area contributed by atoms with Crippen LogP contribution in [0.25, 0.3) is 0 Å². The molecule has 0 bridgehead atoms. The molecule has 21 heavy (non-hydrogen) atoms. The first kappa shape index (κ1) is 15.9. The van der Waals surface area contributed by atoms with E-state index >= 15 is 0 Å². The lowest BCUT2D eigenvalue weighted by Crippen LogP contribution is -2.12. The van der Waals surface area contributed by atoms with Crippen LogP contribution in [-0.4, -0.2) is 12.1 Å². The van der Waals surface area contributed by atoms with Crippen LogP contribution in [-0.2, 0) is 10.5 Å². The van der Waals surface area contributed by atoms with Gasteiger partial charge in [0, 0.05) is 10.6 Å². The van der Waals surface area contributed by atoms with E-state index in [4.69, 9.17) is 16.3 Å². The summed E-state index contributed by atoms with van der Waals surface area (Å²) >= 11 is 7.80. The van der Waals surface area contributed by atoms with Crippen molar-refractivity contribution in [1.29, 1.82) is 0 Å². The van der Waals surface area contributed by atoms with E-state index in [0.717, 1.165) is 10.6 Å². The van der Waals surface area contributed by atoms with Crippen molar-refractivity contribution in [3.8, 4) is 0 Å². The van der Waals surface area contributed by atoms with E-state index in [9.17, 15) is 4.79 Å². The van der Waals surface area contributed by atoms with Crippen molar-refractivity contribution in [2.75, 3.05) is 0 Å². The number of halogens is 1. The summed E-state index contributed by atoms with van der Waals surface area (Å²) < 4.78 is 5.27. The second-order valence-electron chi connectivity index (χ2n) is 4.84. The molecule has 0 aliphatic heterocycles. The molecule has 0 aromatic heterocycles. The van der Waals surface area contributed by atoms with Gasteiger partial charge in [-0.05, 0) is 31.5 Å². The second-order valence-corrected chi connectivity index (χ2v) is 6.24. The van der Waals surface area contributed by atoms with E-state index in [1.54, 1.807) is 30.0 Å². The number of rotatable bonds is 5. The largest absolute Gasteiger partial charge is 0.459 e. The van der Waals surface area contributed by atoms with Crippen molar-refractivity contribution in [3.05, 3.63) is 64.7 Å². The highest BCUT2D eigenvalue weighted by molar-refractivity contribution is 7.98. The van der Waals surface area contributed by atoms with Crippen LogP contribution in [0, 0.1) is 0 Å². The molecule has 0 unspecified atom stereocenters. The molecule has 0 saturated carbocycles. The van der Waals surface area contributed by atoms with Gasteiger partial charge in [0.1, 0.15) is 0 Å². The Morgan fingerprint density at radius 3 is 2.52 bits per heavy atom. The predicted octanol–water partition coefficient (Wildman–Crippen LogP) is 5.20. The lowest BCUT2D eigenvalue weighted by molar-refractivity contribution is 0.0374. The maximum absolute atomic E-state index is 12.1. The van der Waals surface area contributed by atoms with Crippen molar-refractivity contribution in [2.24, 2.45) is 0 Å². The fraction of sp³-hybridized carbons (Fsp3) is 0.235. The number of benzene rings is 2. The van der Waals surface area contributed by atoms with Gasteiger partial charge in [-0.3, -0.25) is 0 Å². The standard InChI is InChI=1S/C17H17ClO2S/c1-12(2)20-17(19)14-9-6-10-15(18)16(14)21-11-13-7-4-3-5-8-13/h3-10,12H,11H2,1-2H3. The first-order valence-electron chi connectivity index (χ1n) is 6.74. The van der Waals surface area contributed by atoms with Gasteiger partial charge in [0.2, 0.25) is 0 Å². The Hall–Kier alpha value is -1.45. The third-order valence-electron chi connectivity index (χ3n) is 2.76. The molecule has 2 aromatic carbocycles. The van der Waals surface area contributed by atoms with E-state index in [-0.39, 0.29) is 12.1 Å². The Labute approximate surface area is 134 Å². The van der Waals surface area contributed by atoms with E-state index in [1.807, 2.05) is 32.0 Å². The van der Waals surface area contributed by atoms with Crippen molar-refractivity contribution in [2.45, 2.75) is 30.6 Å². The van der Waals surface area contributed by atoms with E-state index in [2.05, 4.69) is 12.1 Å². The molecular weight excluding hydrogens is 304 g/mol. The third kappa shape index (κ3) is 4.51. The maximum Gasteiger partial charge on any atom is 0.339 e. The summed E-state index contributed by atoms with van der Waals surface area (Å²) in [5.41, 5.74) is 1.71. The van der Waals surface area contributed by atoms with Gasteiger partial charge < -0.3 is 4.74 Å². The number of carbonyl (C=O) groups excluding carboxylic acids is 1. The summed E-state index contributed by atoms with van der Waals surface area (Å²) in [4.78, 5) is 12.9. The second kappa shape index (κ2) is 7.53. The minimum Gasteiger partial charge on any atom is -0.459 e. The fourth-order valence-corrected chi connectivity index (χ4v) is 3.18. The lowest BCUT2D eigenvalue weighted by atomic mass is 10.2. The van der Waals surface area contributed by atoms with Crippen LogP contribution in [0.2, 0.25) is 5.02 Å². The SMILES string of the molecule is CC(C)OC(=O)c1cccc(Cl)c1SCc1ccccc1. The molecule has 0 N–H and O–H groups in total. The highest BCUT2D eigenvalue weighted by atomic mass is 35.5. The van der Waals surface area contributed by atoms with Gasteiger partial charge in [-0.25, -0.2) is 4.79 Å². The zero-order valence-corrected chi connectivity index (χ0v) is 13.6. The lowest BCUT2D eigenvalue weighted by Gasteiger charge is -2.12. The Kier molecular flexibility index (Phi) is 5.71. The average Bonchev–Trinajstić information content (AvgIpc) is 2.46. The summed E-state index contributed by atoms with van der Waals surface area (Å²) in [7, 11) is 0. The molecule has 0 aliphatic carbocycles. The van der Waals surface area contributed by atoms with E-state index < -0.39 is 0 Å². The van der Waals surface area contributed by atoms with Crippen LogP contribution in [0.1, 0.15) is 29.8 Å². The van der Waals surface area contributed by atoms with Gasteiger partial charge in [0.05, 0.1) is 16.7 Å². The predicted molar refractivity (Wildman–Crippen MR) is 88.0 cm³/mol. The first-order chi connectivity index (χ1) is 10.1. The smallest absolute Gasteiger partial charge is 0.339 e. The highest BCUT2D eigenvalue weighted by Crippen LogP contribution is 2.33. The number of hydrogen-bond donors (Lipinski definition) is 0. The molecule has 0 radical (unpaired) electrons. The topological polar surface area (TPSA) is 26.3 Å². The molecule has 0 heterocycles. The molecule has 2 nitrogen and oxygen atoms in total. The average molecular weight is 321 g/mol. The minimum atomic E-state index is -0.330. The first-order valence-corrected chi connectivity index (χ1v) is 8.10. The van der Waals surface area contributed by atoms with Gasteiger partial charge in [-0.15, -0.1) is 11.8 Å². The van der Waals surface area contributed by atoms with Crippen LogP contribution in [0.15, 0.2) is 53.4 Å². The minimum absolute atomic E-state index is 0.150. The summed E-state index contributed by atoms with van der Waals surface area (Å²) in [6.45, 7) is 3.67. The summed E-state index contributed by atoms with van der Waals surface area (Å²) in [6, 6.07) is 15.4. The number of ether oxygens (including phenoxy) is 1. The highest BCUT2D eigenvalue weighted by Gasteiger charge is 2.17. The molecule has 0 amide bonds. The maximum atomic E-state index is 12.1. The molecule has 4 heteroatoms. The van der Waals surface area contributed by atoms with Gasteiger partial charge in [-0.2, -0.15) is 0 Å². The summed E-state index contributed by atoms with van der Waals surface area (Å²) in [5, 5.41) is 0.578. The molecule has 2 rings (SSSR count). The number of esters is 1. The van der Waals surface area contributed by atoms with Crippen molar-refractivity contribution >= 4 is 29.3 Å². The molecule has 0 aliphatic rings. The third-order valence-corrected chi connectivity index (χ3v) is 4.39. The van der Waals surface area contributed by atoms with Crippen LogP contribution in [0.3, 0.4) is 0 Å². The fourth-order valence-electron chi connectivity index (χ4n) is 1.82. The van der Waals surface area contributed by atoms with Crippen LogP contribution in [0.4, 0.5) is 0 Å². The number of carbonyl (C=O) groups is 1. The molecule has 0 saturated heterocycles. The van der Waals surface area contributed by atoms with E-state index in [1.165, 1.54) is 5.56 Å². The number of thioether (sulfide) groups is 1. The van der Waals surface area contributed by atoms with Crippen LogP contribution < -0.4 is 0 Å². The zero-order chi connectivity index (χ0) is 15.2. The molecular formula is C17H17ClO2S. The van der Waals surface area contributed by atoms with Crippen molar-refractivity contribution < 1.29 is 9.53 Å². The van der Waals surface area contributed by atoms with E-state index in [0.29, 0.717) is 10.6 Å². The Balaban J connectivity index is 2.20. The van der Waals surface area contributed by atoms with Crippen molar-refractivity contribution in [3.63, 3.8) is 0 Å². The quantitative estimate of drug-likeness (QED) is 0.559. The Morgan fingerprint density at radius 2 is 1.86 bits per heavy atom. The number of hydrogen-bond acceptors (Lipinski definition) is 3. The zero-order valence-electron chi connectivity index (χ0n) is 12.0. The van der Waals surface area contributed by atoms with Crippen molar-refractivity contribution in [1.82, 2.24) is 0 Å². The summed E-state index contributed by atoms with van der Waals surface area (Å²) in [6.07, 6.45) is -0.150. The van der Waals surface area contributed by atoms with Gasteiger partial charge >= 0.3 is 5.97 Å². The monoisotopic (exact) mass is 320 g/mol. The molecule has 0 atom stereocenters. The molecule has 2 aromatic rings. The van der Waals surface area contributed by atoms with Crippen LogP contribution in [0.5, 0.6) is 0 Å². The molecule has 0 fully saturated rings. The molecule has 110 valence electrons. The normalized spacial score (nSPS) is 10.7. The van der Waals surface area contributed by atoms with Gasteiger partial charge in [-0.1, -0.05) is 48.0 Å². The van der Waals surface area contributed by atoms with Gasteiger partial charge in [0.25, 0.3) is 0 Å². The Morgan fingerprint density at radius 1 is 1.14 bits per heavy atom. The van der Waals surface area contributed by atoms with Crippen LogP contribution >= 0.6 is 23.4 Å².